The van der Waals surface area contributed by atoms with Crippen molar-refractivity contribution in [2.24, 2.45) is 17.8 Å². The topological polar surface area (TPSA) is 237 Å². The van der Waals surface area contributed by atoms with Gasteiger partial charge < -0.3 is 33.8 Å². The zero-order valence-electron chi connectivity index (χ0n) is 58.1. The molecule has 0 aromatic carbocycles. The Labute approximate surface area is 548 Å². The summed E-state index contributed by atoms with van der Waals surface area (Å²) in [6.45, 7) is 11.7. The Morgan fingerprint density at radius 1 is 0.367 bits per heavy atom. The maximum absolute atomic E-state index is 13.0. The zero-order chi connectivity index (χ0) is 66.6. The van der Waals surface area contributed by atoms with Crippen LogP contribution < -0.4 is 0 Å². The van der Waals surface area contributed by atoms with Gasteiger partial charge in [-0.2, -0.15) is 0 Å². The van der Waals surface area contributed by atoms with Crippen molar-refractivity contribution in [2.75, 3.05) is 39.6 Å². The third kappa shape index (κ3) is 63.0. The van der Waals surface area contributed by atoms with Crippen LogP contribution in [0.4, 0.5) is 0 Å². The molecule has 0 spiro atoms. The number of aliphatic hydroxyl groups excluding tert-OH is 1. The molecule has 0 fully saturated rings. The van der Waals surface area contributed by atoms with Gasteiger partial charge >= 0.3 is 39.5 Å². The van der Waals surface area contributed by atoms with Gasteiger partial charge in [0.2, 0.25) is 0 Å². The summed E-state index contributed by atoms with van der Waals surface area (Å²) in [4.78, 5) is 72.5. The van der Waals surface area contributed by atoms with E-state index in [9.17, 15) is 43.2 Å². The Morgan fingerprint density at radius 3 is 0.989 bits per heavy atom. The van der Waals surface area contributed by atoms with Crippen LogP contribution in [-0.2, 0) is 65.4 Å². The number of ether oxygens (including phenoxy) is 4. The highest BCUT2D eigenvalue weighted by Crippen LogP contribution is 2.45. The fourth-order valence-electron chi connectivity index (χ4n) is 10.1. The normalized spacial score (nSPS) is 14.7. The second-order valence-corrected chi connectivity index (χ2v) is 29.0. The van der Waals surface area contributed by atoms with Crippen molar-refractivity contribution in [1.82, 2.24) is 0 Å². The lowest BCUT2D eigenvalue weighted by molar-refractivity contribution is -0.161. The molecule has 19 heteroatoms. The highest BCUT2D eigenvalue weighted by molar-refractivity contribution is 7.47. The van der Waals surface area contributed by atoms with E-state index in [-0.39, 0.29) is 25.7 Å². The number of esters is 4. The number of phosphoric acid groups is 2. The van der Waals surface area contributed by atoms with Crippen LogP contribution in [-0.4, -0.2) is 96.7 Å². The molecule has 0 aromatic rings. The van der Waals surface area contributed by atoms with Gasteiger partial charge in [-0.15, -0.1) is 0 Å². The van der Waals surface area contributed by atoms with Crippen LogP contribution in [0.1, 0.15) is 331 Å². The van der Waals surface area contributed by atoms with E-state index in [1.54, 1.807) is 0 Å². The van der Waals surface area contributed by atoms with E-state index in [4.69, 9.17) is 37.0 Å². The fraction of sp³-hybridized carbons (Fsp3) is 0.887. The molecule has 0 saturated carbocycles. The molecule has 0 aliphatic carbocycles. The van der Waals surface area contributed by atoms with Crippen molar-refractivity contribution >= 4 is 39.5 Å². The lowest BCUT2D eigenvalue weighted by atomic mass is 10.00. The number of rotatable bonds is 67. The molecule has 6 atom stereocenters. The van der Waals surface area contributed by atoms with E-state index in [0.717, 1.165) is 127 Å². The molecule has 0 amide bonds. The van der Waals surface area contributed by atoms with E-state index >= 15 is 0 Å². The molecule has 0 radical (unpaired) electrons. The number of carbonyl (C=O) groups excluding carboxylic acids is 4. The average molecular weight is 1320 g/mol. The minimum atomic E-state index is -4.96. The number of aliphatic hydroxyl groups is 1. The Hall–Kier alpha value is -2.46. The minimum Gasteiger partial charge on any atom is -0.462 e. The first kappa shape index (κ1) is 87.5. The third-order valence-corrected chi connectivity index (χ3v) is 18.0. The van der Waals surface area contributed by atoms with E-state index in [2.05, 4.69) is 72.8 Å². The Morgan fingerprint density at radius 2 is 0.656 bits per heavy atom. The van der Waals surface area contributed by atoms with Crippen molar-refractivity contribution in [3.63, 3.8) is 0 Å². The summed E-state index contributed by atoms with van der Waals surface area (Å²) in [6, 6.07) is 0. The zero-order valence-corrected chi connectivity index (χ0v) is 59.9. The van der Waals surface area contributed by atoms with Crippen molar-refractivity contribution in [2.45, 2.75) is 349 Å². The Kier molecular flexibility index (Phi) is 59.7. The molecule has 530 valence electrons. The molecule has 17 nitrogen and oxygen atoms in total. The van der Waals surface area contributed by atoms with Crippen molar-refractivity contribution in [3.05, 3.63) is 24.3 Å². The van der Waals surface area contributed by atoms with Gasteiger partial charge in [-0.05, 0) is 69.1 Å². The summed E-state index contributed by atoms with van der Waals surface area (Å²) in [5, 5.41) is 10.6. The minimum absolute atomic E-state index is 0.0834. The molecule has 90 heavy (non-hydrogen) atoms. The number of allylic oxidation sites excluding steroid dienone is 4. The van der Waals surface area contributed by atoms with Gasteiger partial charge in [0.1, 0.15) is 19.3 Å². The van der Waals surface area contributed by atoms with Crippen LogP contribution in [0, 0.1) is 17.8 Å². The molecule has 0 rings (SSSR count). The van der Waals surface area contributed by atoms with Crippen LogP contribution in [0.5, 0.6) is 0 Å². The van der Waals surface area contributed by atoms with Gasteiger partial charge in [-0.1, -0.05) is 278 Å². The second-order valence-electron chi connectivity index (χ2n) is 26.1. The molecule has 0 bridgehead atoms. The van der Waals surface area contributed by atoms with Crippen LogP contribution >= 0.6 is 15.6 Å². The molecule has 0 heterocycles. The molecule has 3 unspecified atom stereocenters. The van der Waals surface area contributed by atoms with Crippen LogP contribution in [0.2, 0.25) is 0 Å². The molecular weight excluding hydrogens is 1190 g/mol. The van der Waals surface area contributed by atoms with E-state index < -0.39 is 97.5 Å². The highest BCUT2D eigenvalue weighted by atomic mass is 31.2. The molecule has 0 aliphatic rings. The highest BCUT2D eigenvalue weighted by Gasteiger charge is 2.30. The van der Waals surface area contributed by atoms with Gasteiger partial charge in [-0.3, -0.25) is 37.3 Å². The van der Waals surface area contributed by atoms with Crippen molar-refractivity contribution < 1.29 is 80.2 Å². The number of carbonyl (C=O) groups is 4. The maximum Gasteiger partial charge on any atom is 0.472 e. The van der Waals surface area contributed by atoms with E-state index in [0.29, 0.717) is 31.6 Å². The van der Waals surface area contributed by atoms with Gasteiger partial charge in [-0.25, -0.2) is 9.13 Å². The average Bonchev–Trinajstić information content (AvgIpc) is 2.87. The fourth-order valence-corrected chi connectivity index (χ4v) is 11.7. The second kappa shape index (κ2) is 61.4. The quantitative estimate of drug-likeness (QED) is 0.0169. The van der Waals surface area contributed by atoms with Crippen LogP contribution in [0.15, 0.2) is 24.3 Å². The van der Waals surface area contributed by atoms with E-state index in [1.807, 2.05) is 0 Å². The number of hydrogen-bond donors (Lipinski definition) is 3. The lowest BCUT2D eigenvalue weighted by Crippen LogP contribution is -2.30. The number of hydrogen-bond acceptors (Lipinski definition) is 15. The van der Waals surface area contributed by atoms with Gasteiger partial charge in [0.15, 0.2) is 12.2 Å². The summed E-state index contributed by atoms with van der Waals surface area (Å²) in [5.74, 6) is 0.0310. The smallest absolute Gasteiger partial charge is 0.462 e. The summed E-state index contributed by atoms with van der Waals surface area (Å²) >= 11 is 0. The van der Waals surface area contributed by atoms with Crippen LogP contribution in [0.3, 0.4) is 0 Å². The number of unbranched alkanes of at least 4 members (excludes halogenated alkanes) is 31. The molecule has 0 aliphatic heterocycles. The molecule has 0 aromatic heterocycles. The molecule has 0 saturated heterocycles. The monoisotopic (exact) mass is 1320 g/mol. The predicted octanol–water partition coefficient (Wildman–Crippen LogP) is 19.8. The van der Waals surface area contributed by atoms with Gasteiger partial charge in [0.05, 0.1) is 26.4 Å². The van der Waals surface area contributed by atoms with Gasteiger partial charge in [0.25, 0.3) is 0 Å². The van der Waals surface area contributed by atoms with Gasteiger partial charge in [0, 0.05) is 25.7 Å². The SMILES string of the molecule is CCCCCC/C=C\C=C/CCCCCCCC(=O)O[C@H](COC(=O)CCCCCCCCC(C)C)COP(=O)(O)OC[C@H](O)COP(=O)(O)OC[C@@H](COC(=O)CCCCCCCCC(C)CC)OC(=O)CCCCCCCCCCCCCCCC(C)C. The standard InChI is InChI=1S/C71H134O17P2/c1-8-10-11-12-13-14-15-16-17-20-23-26-29-40-47-54-70(75)87-66(58-81-68(73)52-45-38-33-31-36-43-50-63(5)6)60-85-89(77,78)83-56-65(72)57-84-90(79,80)86-61-67(59-82-69(74)53-46-39-34-32-37-44-51-64(7)9-2)88-71(76)55-48-41-30-27-24-21-18-19-22-25-28-35-42-49-62(3)4/h14-17,62-67,72H,8-13,18-61H2,1-7H3,(H,77,78)(H,79,80)/b15-14-,17-16-/t64?,65-,66+,67+/m0/s1. The first-order valence-electron chi connectivity index (χ1n) is 36.2. The lowest BCUT2D eigenvalue weighted by Gasteiger charge is -2.21. The van der Waals surface area contributed by atoms with Crippen molar-refractivity contribution in [3.8, 4) is 0 Å². The summed E-state index contributed by atoms with van der Waals surface area (Å²) in [6.07, 6.45) is 48.2. The first-order valence-corrected chi connectivity index (χ1v) is 39.2. The first-order chi connectivity index (χ1) is 43.3. The van der Waals surface area contributed by atoms with Crippen LogP contribution in [0.25, 0.3) is 0 Å². The third-order valence-electron chi connectivity index (χ3n) is 16.1. The summed E-state index contributed by atoms with van der Waals surface area (Å²) in [7, 11) is -9.91. The largest absolute Gasteiger partial charge is 0.472 e. The summed E-state index contributed by atoms with van der Waals surface area (Å²) < 4.78 is 68.2. The molecule has 3 N–H and O–H groups in total. The van der Waals surface area contributed by atoms with E-state index in [1.165, 1.54) is 116 Å². The number of phosphoric ester groups is 2. The Balaban J connectivity index is 5.26. The summed E-state index contributed by atoms with van der Waals surface area (Å²) in [5.41, 5.74) is 0. The molecular formula is C71H134O17P2. The van der Waals surface area contributed by atoms with Crippen molar-refractivity contribution in [1.29, 1.82) is 0 Å². The predicted molar refractivity (Wildman–Crippen MR) is 363 cm³/mol. The Bertz CT molecular complexity index is 1860. The maximum atomic E-state index is 13.0.